The van der Waals surface area contributed by atoms with Gasteiger partial charge in [-0.3, -0.25) is 4.79 Å². The van der Waals surface area contributed by atoms with Crippen LogP contribution in [0.2, 0.25) is 5.02 Å². The fourth-order valence-electron chi connectivity index (χ4n) is 3.15. The largest absolute Gasteiger partial charge is 0.354 e. The molecule has 0 heterocycles. The van der Waals surface area contributed by atoms with Crippen LogP contribution >= 0.6 is 11.6 Å². The molecule has 31 heavy (non-hydrogen) atoms. The molecule has 0 spiro atoms. The number of para-hydroxylation sites is 2. The quantitative estimate of drug-likeness (QED) is 0.277. The second-order valence-corrected chi connectivity index (χ2v) is 7.65. The third kappa shape index (κ3) is 5.86. The number of anilines is 3. The topological polar surface area (TPSA) is 70.2 Å². The molecule has 0 saturated carbocycles. The summed E-state index contributed by atoms with van der Waals surface area (Å²) < 4.78 is 0. The molecule has 3 N–H and O–H groups in total. The number of halogens is 1. The number of carbonyl (C=O) groups excluding carboxylic acids is 2. The summed E-state index contributed by atoms with van der Waals surface area (Å²) in [6, 6.07) is 19.8. The molecule has 0 aliphatic rings. The lowest BCUT2D eigenvalue weighted by Gasteiger charge is -2.15. The van der Waals surface area contributed by atoms with E-state index in [9.17, 15) is 9.59 Å². The van der Waals surface area contributed by atoms with Crippen LogP contribution in [0.5, 0.6) is 0 Å². The van der Waals surface area contributed by atoms with Crippen LogP contribution in [0.25, 0.3) is 0 Å². The number of unbranched alkanes of at least 4 members (excludes halogenated alkanes) is 1. The Labute approximate surface area is 187 Å². The Balaban J connectivity index is 1.76. The highest BCUT2D eigenvalue weighted by Gasteiger charge is 2.15. The third-order valence-electron chi connectivity index (χ3n) is 4.87. The lowest BCUT2D eigenvalue weighted by Crippen LogP contribution is -2.29. The Morgan fingerprint density at radius 1 is 0.903 bits per heavy atom. The molecular formula is C25H26ClN3O2. The van der Waals surface area contributed by atoms with Crippen molar-refractivity contribution < 1.29 is 9.59 Å². The zero-order chi connectivity index (χ0) is 22.2. The monoisotopic (exact) mass is 435 g/mol. The fourth-order valence-corrected chi connectivity index (χ4v) is 3.42. The molecule has 5 nitrogen and oxygen atoms in total. The van der Waals surface area contributed by atoms with Gasteiger partial charge in [0.1, 0.15) is 0 Å². The number of benzene rings is 3. The molecule has 2 amide bonds. The minimum Gasteiger partial charge on any atom is -0.354 e. The molecule has 0 aliphatic carbocycles. The number of urea groups is 1. The van der Waals surface area contributed by atoms with Crippen LogP contribution in [0.4, 0.5) is 21.9 Å². The van der Waals surface area contributed by atoms with Gasteiger partial charge in [0.05, 0.1) is 16.4 Å². The Bertz CT molecular complexity index is 1080. The van der Waals surface area contributed by atoms with Crippen molar-refractivity contribution >= 4 is 40.5 Å². The Morgan fingerprint density at radius 3 is 2.32 bits per heavy atom. The summed E-state index contributed by atoms with van der Waals surface area (Å²) >= 11 is 6.45. The van der Waals surface area contributed by atoms with Gasteiger partial charge in [0, 0.05) is 23.4 Å². The van der Waals surface area contributed by atoms with Gasteiger partial charge >= 0.3 is 6.03 Å². The summed E-state index contributed by atoms with van der Waals surface area (Å²) in [7, 11) is 0. The second-order valence-electron chi connectivity index (χ2n) is 7.24. The van der Waals surface area contributed by atoms with Crippen molar-refractivity contribution in [1.29, 1.82) is 0 Å². The lowest BCUT2D eigenvalue weighted by atomic mass is 9.99. The van der Waals surface area contributed by atoms with E-state index in [1.54, 1.807) is 24.3 Å². The Morgan fingerprint density at radius 2 is 1.61 bits per heavy atom. The van der Waals surface area contributed by atoms with Gasteiger partial charge in [-0.1, -0.05) is 61.3 Å². The predicted octanol–water partition coefficient (Wildman–Crippen LogP) is 6.54. The maximum Gasteiger partial charge on any atom is 0.319 e. The number of amides is 2. The molecule has 0 atom stereocenters. The van der Waals surface area contributed by atoms with Crippen LogP contribution in [-0.2, 0) is 0 Å². The smallest absolute Gasteiger partial charge is 0.319 e. The number of rotatable bonds is 8. The zero-order valence-corrected chi connectivity index (χ0v) is 18.4. The maximum atomic E-state index is 12.9. The normalized spacial score (nSPS) is 10.4. The first-order valence-electron chi connectivity index (χ1n) is 10.3. The van der Waals surface area contributed by atoms with Gasteiger partial charge in [-0.15, -0.1) is 0 Å². The van der Waals surface area contributed by atoms with Crippen molar-refractivity contribution in [2.75, 3.05) is 17.2 Å². The zero-order valence-electron chi connectivity index (χ0n) is 17.7. The van der Waals surface area contributed by atoms with Gasteiger partial charge in [0.2, 0.25) is 0 Å². The van der Waals surface area contributed by atoms with Crippen molar-refractivity contribution in [3.05, 3.63) is 88.4 Å². The van der Waals surface area contributed by atoms with E-state index in [4.69, 9.17) is 11.6 Å². The van der Waals surface area contributed by atoms with E-state index in [0.717, 1.165) is 24.1 Å². The molecule has 0 bridgehead atoms. The van der Waals surface area contributed by atoms with Crippen LogP contribution in [0.3, 0.4) is 0 Å². The minimum atomic E-state index is -0.250. The summed E-state index contributed by atoms with van der Waals surface area (Å²) in [5, 5.41) is 9.32. The highest BCUT2D eigenvalue weighted by atomic mass is 35.5. The van der Waals surface area contributed by atoms with Crippen LogP contribution in [0.1, 0.15) is 41.3 Å². The maximum absolute atomic E-state index is 12.9. The van der Waals surface area contributed by atoms with Gasteiger partial charge in [-0.2, -0.15) is 0 Å². The average Bonchev–Trinajstić information content (AvgIpc) is 2.75. The van der Waals surface area contributed by atoms with E-state index < -0.39 is 0 Å². The second kappa shape index (κ2) is 10.6. The van der Waals surface area contributed by atoms with Crippen molar-refractivity contribution in [2.45, 2.75) is 26.7 Å². The summed E-state index contributed by atoms with van der Waals surface area (Å²) in [4.78, 5) is 25.0. The number of aryl methyl sites for hydroxylation is 1. The fraction of sp³-hybridized carbons (Fsp3) is 0.200. The van der Waals surface area contributed by atoms with Crippen molar-refractivity contribution in [3.63, 3.8) is 0 Å². The predicted molar refractivity (Wildman–Crippen MR) is 128 cm³/mol. The molecule has 6 heteroatoms. The van der Waals surface area contributed by atoms with Crippen LogP contribution < -0.4 is 16.0 Å². The summed E-state index contributed by atoms with van der Waals surface area (Å²) in [5.74, 6) is -0.111. The van der Waals surface area contributed by atoms with Crippen molar-refractivity contribution in [2.24, 2.45) is 0 Å². The van der Waals surface area contributed by atoms with Crippen LogP contribution in [0.15, 0.2) is 66.7 Å². The molecule has 0 saturated heterocycles. The van der Waals surface area contributed by atoms with Gasteiger partial charge < -0.3 is 16.0 Å². The van der Waals surface area contributed by atoms with Gasteiger partial charge in [0.15, 0.2) is 5.78 Å². The van der Waals surface area contributed by atoms with Gasteiger partial charge in [-0.05, 0) is 49.2 Å². The van der Waals surface area contributed by atoms with E-state index in [1.807, 2.05) is 49.4 Å². The summed E-state index contributed by atoms with van der Waals surface area (Å²) in [5.41, 5.74) is 4.07. The van der Waals surface area contributed by atoms with Crippen LogP contribution in [0, 0.1) is 6.92 Å². The molecule has 3 aromatic rings. The van der Waals surface area contributed by atoms with Crippen molar-refractivity contribution in [3.8, 4) is 0 Å². The standard InChI is InChI=1S/C25H26ClN3O2/c1-3-4-15-27-25(31)29-23-12-8-7-11-22(23)28-18-13-14-20(21(26)16-18)24(30)19-10-6-5-9-17(19)2/h5-14,16,28H,3-4,15H2,1-2H3,(H2,27,29,31). The molecule has 0 aliphatic heterocycles. The van der Waals surface area contributed by atoms with E-state index in [1.165, 1.54) is 0 Å². The Kier molecular flexibility index (Phi) is 7.68. The van der Waals surface area contributed by atoms with E-state index in [-0.39, 0.29) is 11.8 Å². The molecule has 3 rings (SSSR count). The highest BCUT2D eigenvalue weighted by molar-refractivity contribution is 6.35. The summed E-state index contributed by atoms with van der Waals surface area (Å²) in [6.07, 6.45) is 1.95. The average molecular weight is 436 g/mol. The number of carbonyl (C=O) groups is 2. The minimum absolute atomic E-state index is 0.111. The van der Waals surface area contributed by atoms with Crippen LogP contribution in [-0.4, -0.2) is 18.4 Å². The number of hydrogen-bond acceptors (Lipinski definition) is 3. The molecular weight excluding hydrogens is 410 g/mol. The van der Waals surface area contributed by atoms with E-state index in [2.05, 4.69) is 22.9 Å². The van der Waals surface area contributed by atoms with E-state index in [0.29, 0.717) is 34.1 Å². The number of ketones is 1. The first-order valence-corrected chi connectivity index (χ1v) is 10.7. The van der Waals surface area contributed by atoms with Crippen molar-refractivity contribution in [1.82, 2.24) is 5.32 Å². The number of nitrogens with one attached hydrogen (secondary N) is 3. The van der Waals surface area contributed by atoms with Gasteiger partial charge in [-0.25, -0.2) is 4.79 Å². The Hall–Kier alpha value is -3.31. The molecule has 0 aromatic heterocycles. The molecule has 160 valence electrons. The third-order valence-corrected chi connectivity index (χ3v) is 5.19. The first-order chi connectivity index (χ1) is 15.0. The molecule has 0 unspecified atom stereocenters. The first kappa shape index (κ1) is 22.4. The highest BCUT2D eigenvalue weighted by Crippen LogP contribution is 2.29. The van der Waals surface area contributed by atoms with Gasteiger partial charge in [0.25, 0.3) is 0 Å². The number of hydrogen-bond donors (Lipinski definition) is 3. The summed E-state index contributed by atoms with van der Waals surface area (Å²) in [6.45, 7) is 4.60. The molecule has 0 radical (unpaired) electrons. The molecule has 3 aromatic carbocycles. The lowest BCUT2D eigenvalue weighted by molar-refractivity contribution is 0.103. The van der Waals surface area contributed by atoms with E-state index >= 15 is 0 Å². The molecule has 0 fully saturated rings. The SMILES string of the molecule is CCCCNC(=O)Nc1ccccc1Nc1ccc(C(=O)c2ccccc2C)c(Cl)c1.